The predicted molar refractivity (Wildman–Crippen MR) is 92.4 cm³/mol. The van der Waals surface area contributed by atoms with Gasteiger partial charge in [-0.1, -0.05) is 17.7 Å². The minimum Gasteiger partial charge on any atom is -0.493 e. The normalized spacial score (nSPS) is 10.7. The lowest BCUT2D eigenvalue weighted by atomic mass is 10.1. The van der Waals surface area contributed by atoms with Crippen LogP contribution >= 0.6 is 11.6 Å². The van der Waals surface area contributed by atoms with E-state index >= 15 is 0 Å². The summed E-state index contributed by atoms with van der Waals surface area (Å²) in [5.74, 6) is -0.317. The number of anilines is 1. The molecular formula is C18H14ClFN2O2. The number of para-hydroxylation sites is 1. The molecule has 0 spiro atoms. The van der Waals surface area contributed by atoms with Crippen molar-refractivity contribution in [2.24, 2.45) is 0 Å². The zero-order chi connectivity index (χ0) is 17.3. The summed E-state index contributed by atoms with van der Waals surface area (Å²) in [6.07, 6.45) is 0. The number of rotatable bonds is 3. The Morgan fingerprint density at radius 2 is 2.04 bits per heavy atom. The summed E-state index contributed by atoms with van der Waals surface area (Å²) in [4.78, 5) is 16.9. The zero-order valence-corrected chi connectivity index (χ0v) is 13.8. The Morgan fingerprint density at radius 3 is 2.79 bits per heavy atom. The van der Waals surface area contributed by atoms with Gasteiger partial charge < -0.3 is 10.1 Å². The summed E-state index contributed by atoms with van der Waals surface area (Å²) in [5.41, 5.74) is 1.88. The fourth-order valence-electron chi connectivity index (χ4n) is 2.47. The number of ether oxygens (including phenoxy) is 1. The van der Waals surface area contributed by atoms with Gasteiger partial charge in [-0.05, 0) is 37.3 Å². The Bertz CT molecular complexity index is 944. The second kappa shape index (κ2) is 6.45. The Hall–Kier alpha value is -2.66. The number of hydrogen-bond donors (Lipinski definition) is 1. The first kappa shape index (κ1) is 16.2. The number of nitrogens with one attached hydrogen (secondary N) is 1. The average Bonchev–Trinajstić information content (AvgIpc) is 2.54. The lowest BCUT2D eigenvalue weighted by Gasteiger charge is -2.12. The third-order valence-corrected chi connectivity index (χ3v) is 3.93. The summed E-state index contributed by atoms with van der Waals surface area (Å²) in [6, 6.07) is 11.0. The van der Waals surface area contributed by atoms with Crippen molar-refractivity contribution in [2.45, 2.75) is 6.92 Å². The fraction of sp³-hybridized carbons (Fsp3) is 0.111. The minimum atomic E-state index is -0.365. The molecule has 6 heteroatoms. The molecule has 0 aliphatic rings. The maximum atomic E-state index is 13.3. The molecule has 3 aromatic rings. The van der Waals surface area contributed by atoms with Crippen LogP contribution in [0.5, 0.6) is 5.75 Å². The van der Waals surface area contributed by atoms with Crippen molar-refractivity contribution >= 4 is 34.1 Å². The number of nitrogens with zero attached hydrogens (tertiary/aromatic N) is 1. The van der Waals surface area contributed by atoms with Gasteiger partial charge in [0.25, 0.3) is 5.91 Å². The molecule has 4 nitrogen and oxygen atoms in total. The van der Waals surface area contributed by atoms with Crippen LogP contribution in [0.2, 0.25) is 5.02 Å². The molecule has 0 unspecified atom stereocenters. The Labute approximate surface area is 143 Å². The number of benzene rings is 2. The van der Waals surface area contributed by atoms with Gasteiger partial charge in [-0.3, -0.25) is 9.78 Å². The summed E-state index contributed by atoms with van der Waals surface area (Å²) in [6.45, 7) is 1.70. The molecule has 0 aliphatic heterocycles. The summed E-state index contributed by atoms with van der Waals surface area (Å²) in [5, 5.41) is 3.86. The van der Waals surface area contributed by atoms with Crippen molar-refractivity contribution in [1.29, 1.82) is 0 Å². The molecule has 2 aromatic carbocycles. The van der Waals surface area contributed by atoms with Crippen LogP contribution in [0.4, 0.5) is 10.1 Å². The quantitative estimate of drug-likeness (QED) is 0.755. The third kappa shape index (κ3) is 3.03. The molecule has 3 rings (SSSR count). The largest absolute Gasteiger partial charge is 0.493 e. The van der Waals surface area contributed by atoms with Gasteiger partial charge in [0.15, 0.2) is 5.75 Å². The van der Waals surface area contributed by atoms with Crippen LogP contribution in [0.15, 0.2) is 42.5 Å². The van der Waals surface area contributed by atoms with Crippen molar-refractivity contribution in [3.63, 3.8) is 0 Å². The smallest absolute Gasteiger partial charge is 0.257 e. The first-order chi connectivity index (χ1) is 11.5. The van der Waals surface area contributed by atoms with Crippen LogP contribution in [0.3, 0.4) is 0 Å². The zero-order valence-electron chi connectivity index (χ0n) is 13.1. The van der Waals surface area contributed by atoms with Crippen LogP contribution in [0, 0.1) is 12.7 Å². The number of aromatic nitrogens is 1. The Morgan fingerprint density at radius 1 is 1.25 bits per heavy atom. The van der Waals surface area contributed by atoms with Gasteiger partial charge >= 0.3 is 0 Å². The predicted octanol–water partition coefficient (Wildman–Crippen LogP) is 4.60. The van der Waals surface area contributed by atoms with Crippen LogP contribution in [0.1, 0.15) is 16.1 Å². The lowest BCUT2D eigenvalue weighted by molar-refractivity contribution is 0.102. The summed E-state index contributed by atoms with van der Waals surface area (Å²) >= 11 is 6.06. The second-order valence-electron chi connectivity index (χ2n) is 5.23. The standard InChI is InChI=1S/C18H14ClFN2O2/c1-10-13(8-11-6-7-12(20)9-16(11)21-10)18(23)22-15-5-3-4-14(19)17(15)24-2/h3-9H,1-2H3,(H,22,23). The van der Waals surface area contributed by atoms with E-state index in [0.717, 1.165) is 0 Å². The number of methoxy groups -OCH3 is 1. The number of carbonyl (C=O) groups excluding carboxylic acids is 1. The Kier molecular flexibility index (Phi) is 4.36. The third-order valence-electron chi connectivity index (χ3n) is 3.63. The Balaban J connectivity index is 1.99. The number of aryl methyl sites for hydroxylation is 1. The first-order valence-electron chi connectivity index (χ1n) is 7.20. The molecule has 0 saturated heterocycles. The highest BCUT2D eigenvalue weighted by molar-refractivity contribution is 6.32. The molecule has 1 amide bonds. The lowest BCUT2D eigenvalue weighted by Crippen LogP contribution is -2.15. The van der Waals surface area contributed by atoms with Crippen LogP contribution < -0.4 is 10.1 Å². The first-order valence-corrected chi connectivity index (χ1v) is 7.58. The van der Waals surface area contributed by atoms with Gasteiger partial charge in [0.05, 0.1) is 34.6 Å². The van der Waals surface area contributed by atoms with E-state index in [1.165, 1.54) is 19.2 Å². The van der Waals surface area contributed by atoms with Gasteiger partial charge in [-0.25, -0.2) is 4.39 Å². The van der Waals surface area contributed by atoms with Gasteiger partial charge in [-0.15, -0.1) is 0 Å². The van der Waals surface area contributed by atoms with E-state index in [1.807, 2.05) is 0 Å². The van der Waals surface area contributed by atoms with Crippen molar-refractivity contribution in [3.8, 4) is 5.75 Å². The van der Waals surface area contributed by atoms with Crippen molar-refractivity contribution in [1.82, 2.24) is 4.98 Å². The fourth-order valence-corrected chi connectivity index (χ4v) is 2.72. The highest BCUT2D eigenvalue weighted by Gasteiger charge is 2.15. The average molecular weight is 345 g/mol. The maximum Gasteiger partial charge on any atom is 0.257 e. The molecule has 0 radical (unpaired) electrons. The topological polar surface area (TPSA) is 51.2 Å². The molecule has 0 saturated carbocycles. The molecule has 0 fully saturated rings. The highest BCUT2D eigenvalue weighted by Crippen LogP contribution is 2.33. The number of pyridine rings is 1. The van der Waals surface area contributed by atoms with Crippen LogP contribution in [0.25, 0.3) is 10.9 Å². The number of carbonyl (C=O) groups is 1. The van der Waals surface area contributed by atoms with E-state index in [1.54, 1.807) is 37.3 Å². The molecule has 1 aromatic heterocycles. The highest BCUT2D eigenvalue weighted by atomic mass is 35.5. The summed E-state index contributed by atoms with van der Waals surface area (Å²) < 4.78 is 18.5. The minimum absolute atomic E-state index is 0.341. The number of hydrogen-bond acceptors (Lipinski definition) is 3. The van der Waals surface area contributed by atoms with Crippen molar-refractivity contribution in [2.75, 3.05) is 12.4 Å². The van der Waals surface area contributed by atoms with E-state index < -0.39 is 0 Å². The molecule has 122 valence electrons. The number of halogens is 2. The monoisotopic (exact) mass is 344 g/mol. The maximum absolute atomic E-state index is 13.3. The van der Waals surface area contributed by atoms with Crippen molar-refractivity contribution in [3.05, 3.63) is 64.6 Å². The number of fused-ring (bicyclic) bond motifs is 1. The van der Waals surface area contributed by atoms with Gasteiger partial charge in [0, 0.05) is 11.5 Å². The van der Waals surface area contributed by atoms with E-state index in [0.29, 0.717) is 38.6 Å². The molecule has 0 atom stereocenters. The van der Waals surface area contributed by atoms with Gasteiger partial charge in [0.2, 0.25) is 0 Å². The van der Waals surface area contributed by atoms with Crippen LogP contribution in [-0.4, -0.2) is 18.0 Å². The number of amides is 1. The van der Waals surface area contributed by atoms with E-state index in [-0.39, 0.29) is 11.7 Å². The van der Waals surface area contributed by atoms with Crippen molar-refractivity contribution < 1.29 is 13.9 Å². The van der Waals surface area contributed by atoms with E-state index in [2.05, 4.69) is 10.3 Å². The molecule has 0 bridgehead atoms. The molecule has 24 heavy (non-hydrogen) atoms. The van der Waals surface area contributed by atoms with Crippen LogP contribution in [-0.2, 0) is 0 Å². The molecular weight excluding hydrogens is 331 g/mol. The molecule has 0 aliphatic carbocycles. The molecule has 1 heterocycles. The second-order valence-corrected chi connectivity index (χ2v) is 5.64. The van der Waals surface area contributed by atoms with E-state index in [9.17, 15) is 9.18 Å². The SMILES string of the molecule is COc1c(Cl)cccc1NC(=O)c1cc2ccc(F)cc2nc1C. The summed E-state index contributed by atoms with van der Waals surface area (Å²) in [7, 11) is 1.48. The van der Waals surface area contributed by atoms with E-state index in [4.69, 9.17) is 16.3 Å². The van der Waals surface area contributed by atoms with Gasteiger partial charge in [-0.2, -0.15) is 0 Å². The molecule has 1 N–H and O–H groups in total. The van der Waals surface area contributed by atoms with Gasteiger partial charge in [0.1, 0.15) is 5.82 Å².